The fourth-order valence-corrected chi connectivity index (χ4v) is 6.45. The number of nitrogens with zero attached hydrogens (tertiary/aromatic N) is 3. The van der Waals surface area contributed by atoms with Crippen molar-refractivity contribution >= 4 is 49.1 Å². The number of aromatic nitrogens is 1. The van der Waals surface area contributed by atoms with Crippen molar-refractivity contribution in [2.75, 3.05) is 13.1 Å². The molecule has 1 saturated heterocycles. The molecule has 0 N–H and O–H groups in total. The lowest BCUT2D eigenvalue weighted by Gasteiger charge is -2.30. The summed E-state index contributed by atoms with van der Waals surface area (Å²) in [5.41, 5.74) is 1.94. The molecule has 1 fully saturated rings. The molecule has 2 aromatic carbocycles. The first-order valence-electron chi connectivity index (χ1n) is 9.66. The maximum Gasteiger partial charge on any atom is 0.252 e. The molecular formula is C21H22ClN3O3S2. The van der Waals surface area contributed by atoms with Crippen LogP contribution in [0.15, 0.2) is 52.4 Å². The minimum atomic E-state index is -3.63. The van der Waals surface area contributed by atoms with E-state index in [4.69, 9.17) is 11.6 Å². The molecular weight excluding hydrogens is 442 g/mol. The van der Waals surface area contributed by atoms with Crippen molar-refractivity contribution in [2.45, 2.75) is 24.7 Å². The maximum absolute atomic E-state index is 13.0. The second-order valence-electron chi connectivity index (χ2n) is 7.52. The summed E-state index contributed by atoms with van der Waals surface area (Å²) in [6.45, 7) is 2.48. The Kier molecular flexibility index (Phi) is 5.85. The molecule has 1 aliphatic rings. The highest BCUT2D eigenvalue weighted by molar-refractivity contribution is 7.89. The van der Waals surface area contributed by atoms with Crippen molar-refractivity contribution in [1.29, 1.82) is 0 Å². The van der Waals surface area contributed by atoms with Gasteiger partial charge in [-0.3, -0.25) is 4.79 Å². The quantitative estimate of drug-likeness (QED) is 0.594. The number of carbonyl (C=O) groups is 1. The summed E-state index contributed by atoms with van der Waals surface area (Å²) in [5, 5.41) is 0.631. The number of carbonyl (C=O) groups excluding carboxylic acids is 1. The fraction of sp³-hybridized carbons (Fsp3) is 0.333. The molecule has 9 heteroatoms. The Balaban J connectivity index is 1.59. The first-order valence-corrected chi connectivity index (χ1v) is 12.3. The van der Waals surface area contributed by atoms with Crippen molar-refractivity contribution in [3.05, 3.63) is 57.9 Å². The van der Waals surface area contributed by atoms with Crippen molar-refractivity contribution in [2.24, 2.45) is 18.0 Å². The minimum absolute atomic E-state index is 0.152. The van der Waals surface area contributed by atoms with Crippen molar-refractivity contribution < 1.29 is 13.2 Å². The van der Waals surface area contributed by atoms with Crippen LogP contribution in [0.25, 0.3) is 10.2 Å². The molecule has 1 aliphatic heterocycles. The molecule has 1 aromatic heterocycles. The first-order chi connectivity index (χ1) is 14.3. The number of rotatable bonds is 3. The van der Waals surface area contributed by atoms with E-state index < -0.39 is 15.9 Å². The van der Waals surface area contributed by atoms with Gasteiger partial charge in [0.25, 0.3) is 5.91 Å². The van der Waals surface area contributed by atoms with E-state index in [9.17, 15) is 13.2 Å². The lowest BCUT2D eigenvalue weighted by Crippen LogP contribution is -2.42. The summed E-state index contributed by atoms with van der Waals surface area (Å²) < 4.78 is 30.2. The third-order valence-corrected chi connectivity index (χ3v) is 8.58. The van der Waals surface area contributed by atoms with Crippen LogP contribution in [0.3, 0.4) is 0 Å². The number of sulfonamides is 1. The number of hydrogen-bond donors (Lipinski definition) is 0. The van der Waals surface area contributed by atoms with E-state index in [2.05, 4.69) is 4.99 Å². The van der Waals surface area contributed by atoms with E-state index in [0.717, 1.165) is 15.8 Å². The molecule has 1 unspecified atom stereocenters. The van der Waals surface area contributed by atoms with E-state index in [0.29, 0.717) is 29.2 Å². The number of halogens is 1. The zero-order chi connectivity index (χ0) is 21.5. The van der Waals surface area contributed by atoms with Gasteiger partial charge >= 0.3 is 0 Å². The molecule has 158 valence electrons. The monoisotopic (exact) mass is 463 g/mol. The molecule has 1 atom stereocenters. The average molecular weight is 464 g/mol. The number of thiazole rings is 1. The van der Waals surface area contributed by atoms with Crippen LogP contribution in [0.5, 0.6) is 0 Å². The van der Waals surface area contributed by atoms with E-state index in [1.165, 1.54) is 15.6 Å². The Hall–Kier alpha value is -2.00. The van der Waals surface area contributed by atoms with E-state index in [1.54, 1.807) is 30.3 Å². The lowest BCUT2D eigenvalue weighted by atomic mass is 9.99. The minimum Gasteiger partial charge on any atom is -0.319 e. The van der Waals surface area contributed by atoms with Crippen molar-refractivity contribution in [3.63, 3.8) is 0 Å². The summed E-state index contributed by atoms with van der Waals surface area (Å²) in [6.07, 6.45) is 1.26. The van der Waals surface area contributed by atoms with Crippen LogP contribution >= 0.6 is 22.9 Å². The number of aryl methyl sites for hydroxylation is 2. The van der Waals surface area contributed by atoms with Crippen LogP contribution in [0, 0.1) is 12.8 Å². The third-order valence-electron chi connectivity index (χ3n) is 5.37. The molecule has 0 spiro atoms. The van der Waals surface area contributed by atoms with Crippen LogP contribution < -0.4 is 4.80 Å². The van der Waals surface area contributed by atoms with E-state index in [1.807, 2.05) is 30.7 Å². The molecule has 0 bridgehead atoms. The highest BCUT2D eigenvalue weighted by Crippen LogP contribution is 2.25. The predicted octanol–water partition coefficient (Wildman–Crippen LogP) is 3.73. The zero-order valence-corrected chi connectivity index (χ0v) is 19.1. The van der Waals surface area contributed by atoms with Crippen LogP contribution in [0.4, 0.5) is 0 Å². The number of amides is 1. The summed E-state index contributed by atoms with van der Waals surface area (Å²) in [4.78, 5) is 18.1. The Morgan fingerprint density at radius 2 is 1.93 bits per heavy atom. The number of fused-ring (bicyclic) bond motifs is 1. The number of piperidine rings is 1. The Morgan fingerprint density at radius 3 is 2.67 bits per heavy atom. The topological polar surface area (TPSA) is 71.7 Å². The first kappa shape index (κ1) is 21.2. The Labute approximate surface area is 184 Å². The van der Waals surface area contributed by atoms with Gasteiger partial charge in [0.2, 0.25) is 10.0 Å². The molecule has 3 aromatic rings. The van der Waals surface area contributed by atoms with Gasteiger partial charge in [0, 0.05) is 25.2 Å². The molecule has 0 saturated carbocycles. The van der Waals surface area contributed by atoms with Crippen LogP contribution in [-0.4, -0.2) is 36.3 Å². The summed E-state index contributed by atoms with van der Waals surface area (Å²) >= 11 is 7.46. The van der Waals surface area contributed by atoms with Crippen LogP contribution in [0.1, 0.15) is 18.4 Å². The van der Waals surface area contributed by atoms with Gasteiger partial charge in [-0.15, -0.1) is 0 Å². The van der Waals surface area contributed by atoms with Crippen LogP contribution in [0.2, 0.25) is 5.02 Å². The van der Waals surface area contributed by atoms with Crippen molar-refractivity contribution in [3.8, 4) is 0 Å². The van der Waals surface area contributed by atoms with Gasteiger partial charge in [0.1, 0.15) is 0 Å². The molecule has 6 nitrogen and oxygen atoms in total. The Morgan fingerprint density at radius 1 is 1.20 bits per heavy atom. The molecule has 2 heterocycles. The van der Waals surface area contributed by atoms with E-state index in [-0.39, 0.29) is 17.3 Å². The SMILES string of the molecule is Cc1ccc(S(=O)(=O)N2CCCC(C(=O)N=c3sc4cc(Cl)ccc4n3C)C2)cc1. The molecule has 4 rings (SSSR count). The second kappa shape index (κ2) is 8.26. The summed E-state index contributed by atoms with van der Waals surface area (Å²) in [5.74, 6) is -0.736. The zero-order valence-electron chi connectivity index (χ0n) is 16.7. The highest BCUT2D eigenvalue weighted by atomic mass is 35.5. The predicted molar refractivity (Wildman–Crippen MR) is 119 cm³/mol. The molecule has 30 heavy (non-hydrogen) atoms. The third kappa shape index (κ3) is 4.09. The largest absolute Gasteiger partial charge is 0.319 e. The van der Waals surface area contributed by atoms with Crippen molar-refractivity contribution in [1.82, 2.24) is 8.87 Å². The molecule has 0 aliphatic carbocycles. The standard InChI is InChI=1S/C21H22ClN3O3S2/c1-14-5-8-17(9-6-14)30(27,28)25-11-3-4-15(13-25)20(26)23-21-24(2)18-10-7-16(22)12-19(18)29-21/h5-10,12,15H,3-4,11,13H2,1-2H3. The maximum atomic E-state index is 13.0. The fourth-order valence-electron chi connectivity index (χ4n) is 3.62. The van der Waals surface area contributed by atoms with Gasteiger partial charge < -0.3 is 4.57 Å². The Bertz CT molecular complexity index is 1280. The number of benzene rings is 2. The normalized spacial score (nSPS) is 18.8. The van der Waals surface area contributed by atoms with Crippen LogP contribution in [-0.2, 0) is 21.9 Å². The van der Waals surface area contributed by atoms with Gasteiger partial charge in [-0.05, 0) is 50.1 Å². The van der Waals surface area contributed by atoms with Gasteiger partial charge in [0.15, 0.2) is 4.80 Å². The molecule has 1 amide bonds. The van der Waals surface area contributed by atoms with Gasteiger partial charge in [-0.1, -0.05) is 40.6 Å². The highest BCUT2D eigenvalue weighted by Gasteiger charge is 2.33. The summed E-state index contributed by atoms with van der Waals surface area (Å²) in [7, 11) is -1.77. The average Bonchev–Trinajstić information content (AvgIpc) is 3.03. The smallest absolute Gasteiger partial charge is 0.252 e. The lowest BCUT2D eigenvalue weighted by molar-refractivity contribution is -0.122. The van der Waals surface area contributed by atoms with E-state index >= 15 is 0 Å². The number of hydrogen-bond acceptors (Lipinski definition) is 4. The summed E-state index contributed by atoms with van der Waals surface area (Å²) in [6, 6.07) is 12.3. The second-order valence-corrected chi connectivity index (χ2v) is 10.9. The van der Waals surface area contributed by atoms with Gasteiger partial charge in [-0.25, -0.2) is 8.42 Å². The van der Waals surface area contributed by atoms with Gasteiger partial charge in [-0.2, -0.15) is 9.30 Å². The molecule has 0 radical (unpaired) electrons. The van der Waals surface area contributed by atoms with Gasteiger partial charge in [0.05, 0.1) is 21.0 Å².